The van der Waals surface area contributed by atoms with Crippen LogP contribution in [0.2, 0.25) is 0 Å². The summed E-state index contributed by atoms with van der Waals surface area (Å²) < 4.78 is 11.1. The molecule has 0 radical (unpaired) electrons. The summed E-state index contributed by atoms with van der Waals surface area (Å²) in [7, 11) is 1.56. The highest BCUT2D eigenvalue weighted by atomic mass is 79.9. The zero-order valence-corrected chi connectivity index (χ0v) is 15.0. The SMILES string of the molecule is COCCN(Cc1ccc(C)o1)C(=O)c1cc(Br)cc(C(=O)O)c1. The Labute approximate surface area is 148 Å². The minimum Gasteiger partial charge on any atom is -0.478 e. The van der Waals surface area contributed by atoms with Crippen LogP contribution in [-0.2, 0) is 11.3 Å². The lowest BCUT2D eigenvalue weighted by Gasteiger charge is -2.21. The third-order valence-corrected chi connectivity index (χ3v) is 3.84. The van der Waals surface area contributed by atoms with Gasteiger partial charge in [0, 0.05) is 23.7 Å². The van der Waals surface area contributed by atoms with Crippen LogP contribution in [0.25, 0.3) is 0 Å². The van der Waals surface area contributed by atoms with Crippen molar-refractivity contribution >= 4 is 27.8 Å². The van der Waals surface area contributed by atoms with E-state index in [1.807, 2.05) is 19.1 Å². The van der Waals surface area contributed by atoms with E-state index < -0.39 is 5.97 Å². The quantitative estimate of drug-likeness (QED) is 0.777. The fourth-order valence-electron chi connectivity index (χ4n) is 2.23. The molecule has 0 fully saturated rings. The van der Waals surface area contributed by atoms with E-state index in [0.717, 1.165) is 5.76 Å². The second-order valence-electron chi connectivity index (χ2n) is 5.27. The molecule has 0 aliphatic carbocycles. The van der Waals surface area contributed by atoms with Crippen molar-refractivity contribution < 1.29 is 23.8 Å². The van der Waals surface area contributed by atoms with Crippen molar-refractivity contribution in [3.8, 4) is 0 Å². The average molecular weight is 396 g/mol. The second-order valence-corrected chi connectivity index (χ2v) is 6.18. The highest BCUT2D eigenvalue weighted by Gasteiger charge is 2.19. The molecule has 0 saturated heterocycles. The number of halogens is 1. The number of benzene rings is 1. The fraction of sp³-hybridized carbons (Fsp3) is 0.294. The van der Waals surface area contributed by atoms with Gasteiger partial charge < -0.3 is 19.2 Å². The Morgan fingerprint density at radius 2 is 1.96 bits per heavy atom. The fourth-order valence-corrected chi connectivity index (χ4v) is 2.72. The third-order valence-electron chi connectivity index (χ3n) is 3.39. The number of ether oxygens (including phenoxy) is 1. The van der Waals surface area contributed by atoms with Crippen molar-refractivity contribution in [3.05, 3.63) is 57.5 Å². The number of methoxy groups -OCH3 is 1. The molecular weight excluding hydrogens is 378 g/mol. The van der Waals surface area contributed by atoms with Crippen LogP contribution in [0.4, 0.5) is 0 Å². The maximum Gasteiger partial charge on any atom is 0.335 e. The average Bonchev–Trinajstić information content (AvgIpc) is 2.95. The Bertz CT molecular complexity index is 740. The number of amides is 1. The van der Waals surface area contributed by atoms with E-state index in [4.69, 9.17) is 14.3 Å². The van der Waals surface area contributed by atoms with Crippen LogP contribution in [0.15, 0.2) is 39.2 Å². The molecule has 0 saturated carbocycles. The molecule has 1 aromatic carbocycles. The molecule has 1 amide bonds. The number of rotatable bonds is 7. The number of carboxylic acids is 1. The molecule has 1 aromatic heterocycles. The molecule has 7 heteroatoms. The van der Waals surface area contributed by atoms with Crippen molar-refractivity contribution in [3.63, 3.8) is 0 Å². The highest BCUT2D eigenvalue weighted by molar-refractivity contribution is 9.10. The normalized spacial score (nSPS) is 10.6. The smallest absolute Gasteiger partial charge is 0.335 e. The number of carbonyl (C=O) groups excluding carboxylic acids is 1. The first-order valence-corrected chi connectivity index (χ1v) is 8.07. The lowest BCUT2D eigenvalue weighted by Crippen LogP contribution is -2.33. The number of hydrogen-bond acceptors (Lipinski definition) is 4. The summed E-state index contributed by atoms with van der Waals surface area (Å²) in [6, 6.07) is 8.06. The summed E-state index contributed by atoms with van der Waals surface area (Å²) in [5, 5.41) is 9.15. The first-order chi connectivity index (χ1) is 11.4. The summed E-state index contributed by atoms with van der Waals surface area (Å²) in [6.07, 6.45) is 0. The van der Waals surface area contributed by atoms with Gasteiger partial charge in [0.25, 0.3) is 5.91 Å². The van der Waals surface area contributed by atoms with Gasteiger partial charge in [0.15, 0.2) is 0 Å². The van der Waals surface area contributed by atoms with Crippen LogP contribution in [0.3, 0.4) is 0 Å². The molecule has 0 aliphatic rings. The zero-order chi connectivity index (χ0) is 17.7. The zero-order valence-electron chi connectivity index (χ0n) is 13.4. The van der Waals surface area contributed by atoms with E-state index in [1.54, 1.807) is 18.1 Å². The van der Waals surface area contributed by atoms with E-state index in [2.05, 4.69) is 15.9 Å². The number of aromatic carboxylic acids is 1. The Kier molecular flexibility index (Phi) is 6.16. The minimum absolute atomic E-state index is 0.0493. The molecule has 6 nitrogen and oxygen atoms in total. The van der Waals surface area contributed by atoms with Gasteiger partial charge in [0.1, 0.15) is 11.5 Å². The molecule has 0 spiro atoms. The molecule has 0 bridgehead atoms. The maximum atomic E-state index is 12.8. The predicted octanol–water partition coefficient (Wildman–Crippen LogP) is 3.34. The molecule has 1 N–H and O–H groups in total. The summed E-state index contributed by atoms with van der Waals surface area (Å²) in [6.45, 7) is 2.85. The molecule has 2 rings (SSSR count). The van der Waals surface area contributed by atoms with Gasteiger partial charge in [-0.15, -0.1) is 0 Å². The lowest BCUT2D eigenvalue weighted by atomic mass is 10.1. The van der Waals surface area contributed by atoms with E-state index in [9.17, 15) is 9.59 Å². The Balaban J connectivity index is 2.28. The van der Waals surface area contributed by atoms with Gasteiger partial charge in [-0.25, -0.2) is 4.79 Å². The van der Waals surface area contributed by atoms with Crippen LogP contribution >= 0.6 is 15.9 Å². The van der Waals surface area contributed by atoms with Gasteiger partial charge in [0.2, 0.25) is 0 Å². The molecule has 0 unspecified atom stereocenters. The van der Waals surface area contributed by atoms with Crippen LogP contribution in [-0.4, -0.2) is 42.1 Å². The molecule has 0 atom stereocenters. The Morgan fingerprint density at radius 1 is 1.25 bits per heavy atom. The summed E-state index contributed by atoms with van der Waals surface area (Å²) in [5.41, 5.74) is 0.342. The number of furan rings is 1. The minimum atomic E-state index is -1.09. The van der Waals surface area contributed by atoms with Crippen LogP contribution in [0, 0.1) is 6.92 Å². The molecule has 0 aliphatic heterocycles. The van der Waals surface area contributed by atoms with E-state index in [0.29, 0.717) is 28.9 Å². The van der Waals surface area contributed by atoms with Gasteiger partial charge in [-0.2, -0.15) is 0 Å². The topological polar surface area (TPSA) is 80.0 Å². The number of nitrogens with zero attached hydrogens (tertiary/aromatic N) is 1. The first kappa shape index (κ1) is 18.2. The van der Waals surface area contributed by atoms with Crippen LogP contribution in [0.1, 0.15) is 32.2 Å². The van der Waals surface area contributed by atoms with E-state index in [-0.39, 0.29) is 18.0 Å². The standard InChI is InChI=1S/C17H18BrNO5/c1-11-3-4-15(24-11)10-19(5-6-23-2)16(20)12-7-13(17(21)22)9-14(18)8-12/h3-4,7-9H,5-6,10H2,1-2H3,(H,21,22). The lowest BCUT2D eigenvalue weighted by molar-refractivity contribution is 0.0665. The molecule has 2 aromatic rings. The maximum absolute atomic E-state index is 12.8. The first-order valence-electron chi connectivity index (χ1n) is 7.28. The van der Waals surface area contributed by atoms with Gasteiger partial charge in [-0.3, -0.25) is 4.79 Å². The summed E-state index contributed by atoms with van der Waals surface area (Å²) in [5.74, 6) is 0.0468. The largest absolute Gasteiger partial charge is 0.478 e. The van der Waals surface area contributed by atoms with Crippen molar-refractivity contribution in [1.82, 2.24) is 4.90 Å². The molecule has 1 heterocycles. The van der Waals surface area contributed by atoms with Crippen molar-refractivity contribution in [2.75, 3.05) is 20.3 Å². The molecule has 24 heavy (non-hydrogen) atoms. The second kappa shape index (κ2) is 8.12. The van der Waals surface area contributed by atoms with Gasteiger partial charge in [-0.1, -0.05) is 15.9 Å². The van der Waals surface area contributed by atoms with E-state index >= 15 is 0 Å². The molecular formula is C17H18BrNO5. The van der Waals surface area contributed by atoms with Gasteiger partial charge >= 0.3 is 5.97 Å². The monoisotopic (exact) mass is 395 g/mol. The number of aryl methyl sites for hydroxylation is 1. The van der Waals surface area contributed by atoms with Crippen LogP contribution < -0.4 is 0 Å². The highest BCUT2D eigenvalue weighted by Crippen LogP contribution is 2.19. The Hall–Kier alpha value is -2.12. The van der Waals surface area contributed by atoms with Crippen molar-refractivity contribution in [1.29, 1.82) is 0 Å². The number of carboxylic acid groups (broad SMARTS) is 1. The Morgan fingerprint density at radius 3 is 2.54 bits per heavy atom. The predicted molar refractivity (Wildman–Crippen MR) is 91.2 cm³/mol. The summed E-state index contributed by atoms with van der Waals surface area (Å²) in [4.78, 5) is 25.6. The molecule has 128 valence electrons. The van der Waals surface area contributed by atoms with E-state index in [1.165, 1.54) is 12.1 Å². The van der Waals surface area contributed by atoms with Gasteiger partial charge in [0.05, 0.1) is 18.7 Å². The third kappa shape index (κ3) is 4.69. The number of hydrogen-bond donors (Lipinski definition) is 1. The van der Waals surface area contributed by atoms with Gasteiger partial charge in [-0.05, 0) is 37.3 Å². The van der Waals surface area contributed by atoms with Crippen LogP contribution in [0.5, 0.6) is 0 Å². The summed E-state index contributed by atoms with van der Waals surface area (Å²) >= 11 is 3.24. The van der Waals surface area contributed by atoms with Crippen molar-refractivity contribution in [2.24, 2.45) is 0 Å². The van der Waals surface area contributed by atoms with Crippen molar-refractivity contribution in [2.45, 2.75) is 13.5 Å². The number of carbonyl (C=O) groups is 2.